The van der Waals surface area contributed by atoms with Crippen molar-refractivity contribution in [3.05, 3.63) is 24.0 Å². The van der Waals surface area contributed by atoms with E-state index in [1.807, 2.05) is 12.4 Å². The molecule has 1 aliphatic carbocycles. The van der Waals surface area contributed by atoms with Crippen molar-refractivity contribution < 1.29 is 4.74 Å². The van der Waals surface area contributed by atoms with Gasteiger partial charge >= 0.3 is 0 Å². The van der Waals surface area contributed by atoms with Crippen molar-refractivity contribution in [1.82, 2.24) is 10.3 Å². The van der Waals surface area contributed by atoms with Gasteiger partial charge in [0.15, 0.2) is 0 Å². The van der Waals surface area contributed by atoms with E-state index in [0.29, 0.717) is 11.8 Å². The highest BCUT2D eigenvalue weighted by Crippen LogP contribution is 2.41. The Bertz CT molecular complexity index is 433. The van der Waals surface area contributed by atoms with Crippen molar-refractivity contribution in [2.75, 3.05) is 13.6 Å². The van der Waals surface area contributed by atoms with E-state index in [2.05, 4.69) is 44.2 Å². The van der Waals surface area contributed by atoms with Crippen LogP contribution in [0.5, 0.6) is 5.75 Å². The summed E-state index contributed by atoms with van der Waals surface area (Å²) >= 11 is 0. The normalized spacial score (nSPS) is 26.0. The number of nitrogens with one attached hydrogen (secondary N) is 1. The molecule has 0 aromatic carbocycles. The number of nitrogens with zero attached hydrogens (tertiary/aromatic N) is 1. The van der Waals surface area contributed by atoms with Crippen molar-refractivity contribution in [2.45, 2.75) is 58.5 Å². The first-order chi connectivity index (χ1) is 10.1. The van der Waals surface area contributed by atoms with E-state index in [4.69, 9.17) is 4.74 Å². The van der Waals surface area contributed by atoms with Gasteiger partial charge in [-0.2, -0.15) is 0 Å². The minimum Gasteiger partial charge on any atom is -0.489 e. The lowest BCUT2D eigenvalue weighted by Gasteiger charge is -2.36. The molecule has 1 aliphatic rings. The molecular weight excluding hydrogens is 260 g/mol. The lowest BCUT2D eigenvalue weighted by molar-refractivity contribution is 0.224. The van der Waals surface area contributed by atoms with Gasteiger partial charge in [-0.05, 0) is 69.7 Å². The standard InChI is InChI=1S/C18H30N2O/c1-5-14-6-7-15(10-19-4)18(8-14)16-9-17(12-20-11-16)21-13(2)3/h9,11-15,18-19H,5-8,10H2,1-4H3. The lowest BCUT2D eigenvalue weighted by atomic mass is 9.70. The average molecular weight is 290 g/mol. The van der Waals surface area contributed by atoms with Gasteiger partial charge in [0.25, 0.3) is 0 Å². The largest absolute Gasteiger partial charge is 0.489 e. The van der Waals surface area contributed by atoms with Crippen LogP contribution in [0.2, 0.25) is 0 Å². The molecule has 0 aliphatic heterocycles. The second-order valence-corrected chi connectivity index (χ2v) is 6.63. The fourth-order valence-electron chi connectivity index (χ4n) is 3.58. The SMILES string of the molecule is CCC1CCC(CNC)C(c2cncc(OC(C)C)c2)C1. The Morgan fingerprint density at radius 3 is 2.81 bits per heavy atom. The number of ether oxygens (including phenoxy) is 1. The molecule has 3 heteroatoms. The van der Waals surface area contributed by atoms with Crippen LogP contribution in [0.15, 0.2) is 18.5 Å². The number of hydrogen-bond donors (Lipinski definition) is 1. The van der Waals surface area contributed by atoms with Crippen LogP contribution >= 0.6 is 0 Å². The Balaban J connectivity index is 2.18. The van der Waals surface area contributed by atoms with Crippen LogP contribution in [-0.2, 0) is 0 Å². The molecular formula is C18H30N2O. The third-order valence-electron chi connectivity index (χ3n) is 4.68. The summed E-state index contributed by atoms with van der Waals surface area (Å²) in [6.45, 7) is 7.53. The van der Waals surface area contributed by atoms with Gasteiger partial charge in [0, 0.05) is 6.20 Å². The zero-order valence-corrected chi connectivity index (χ0v) is 13.9. The predicted molar refractivity (Wildman–Crippen MR) is 87.8 cm³/mol. The molecule has 0 saturated heterocycles. The van der Waals surface area contributed by atoms with Gasteiger partial charge < -0.3 is 10.1 Å². The van der Waals surface area contributed by atoms with E-state index in [1.165, 1.54) is 31.2 Å². The second kappa shape index (κ2) is 7.79. The highest BCUT2D eigenvalue weighted by molar-refractivity contribution is 5.27. The molecule has 118 valence electrons. The summed E-state index contributed by atoms with van der Waals surface area (Å²) in [5, 5.41) is 3.37. The maximum absolute atomic E-state index is 5.82. The van der Waals surface area contributed by atoms with Gasteiger partial charge in [-0.3, -0.25) is 4.98 Å². The van der Waals surface area contributed by atoms with E-state index in [0.717, 1.165) is 18.2 Å². The second-order valence-electron chi connectivity index (χ2n) is 6.63. The Hall–Kier alpha value is -1.09. The Morgan fingerprint density at radius 1 is 1.33 bits per heavy atom. The van der Waals surface area contributed by atoms with Gasteiger partial charge in [-0.25, -0.2) is 0 Å². The van der Waals surface area contributed by atoms with Crippen LogP contribution in [0, 0.1) is 11.8 Å². The monoisotopic (exact) mass is 290 g/mol. The zero-order valence-electron chi connectivity index (χ0n) is 13.9. The third kappa shape index (κ3) is 4.44. The van der Waals surface area contributed by atoms with Gasteiger partial charge in [-0.15, -0.1) is 0 Å². The van der Waals surface area contributed by atoms with Gasteiger partial charge in [0.1, 0.15) is 5.75 Å². The van der Waals surface area contributed by atoms with Crippen LogP contribution in [0.3, 0.4) is 0 Å². The maximum atomic E-state index is 5.82. The van der Waals surface area contributed by atoms with E-state index in [-0.39, 0.29) is 6.10 Å². The molecule has 1 saturated carbocycles. The van der Waals surface area contributed by atoms with E-state index in [9.17, 15) is 0 Å². The van der Waals surface area contributed by atoms with Crippen molar-refractivity contribution >= 4 is 0 Å². The summed E-state index contributed by atoms with van der Waals surface area (Å²) in [5.41, 5.74) is 1.35. The zero-order chi connectivity index (χ0) is 15.2. The third-order valence-corrected chi connectivity index (χ3v) is 4.68. The minimum absolute atomic E-state index is 0.199. The fraction of sp³-hybridized carbons (Fsp3) is 0.722. The topological polar surface area (TPSA) is 34.2 Å². The first-order valence-electron chi connectivity index (χ1n) is 8.40. The molecule has 0 spiro atoms. The van der Waals surface area contributed by atoms with E-state index >= 15 is 0 Å². The molecule has 3 atom stereocenters. The molecule has 0 amide bonds. The number of hydrogen-bond acceptors (Lipinski definition) is 3. The summed E-state index contributed by atoms with van der Waals surface area (Å²) in [5.74, 6) is 3.09. The quantitative estimate of drug-likeness (QED) is 0.860. The summed E-state index contributed by atoms with van der Waals surface area (Å²) < 4.78 is 5.82. The predicted octanol–water partition coefficient (Wildman–Crippen LogP) is 4.00. The molecule has 3 nitrogen and oxygen atoms in total. The van der Waals surface area contributed by atoms with Crippen LogP contribution in [0.1, 0.15) is 57.9 Å². The van der Waals surface area contributed by atoms with Crippen LogP contribution in [0.4, 0.5) is 0 Å². The van der Waals surface area contributed by atoms with E-state index < -0.39 is 0 Å². The molecule has 0 bridgehead atoms. The molecule has 1 aromatic heterocycles. The van der Waals surface area contributed by atoms with Crippen molar-refractivity contribution in [1.29, 1.82) is 0 Å². The first-order valence-corrected chi connectivity index (χ1v) is 8.40. The number of rotatable bonds is 6. The van der Waals surface area contributed by atoms with Gasteiger partial charge in [0.2, 0.25) is 0 Å². The summed E-state index contributed by atoms with van der Waals surface area (Å²) in [7, 11) is 2.06. The molecule has 2 rings (SSSR count). The van der Waals surface area contributed by atoms with E-state index in [1.54, 1.807) is 0 Å². The molecule has 3 unspecified atom stereocenters. The highest BCUT2D eigenvalue weighted by atomic mass is 16.5. The highest BCUT2D eigenvalue weighted by Gasteiger charge is 2.30. The van der Waals surface area contributed by atoms with Crippen LogP contribution in [0.25, 0.3) is 0 Å². The molecule has 1 aromatic rings. The van der Waals surface area contributed by atoms with Gasteiger partial charge in [-0.1, -0.05) is 19.8 Å². The summed E-state index contributed by atoms with van der Waals surface area (Å²) in [6, 6.07) is 2.21. The maximum Gasteiger partial charge on any atom is 0.138 e. The molecule has 21 heavy (non-hydrogen) atoms. The lowest BCUT2D eigenvalue weighted by Crippen LogP contribution is -2.30. The first kappa shape index (κ1) is 16.3. The Kier molecular flexibility index (Phi) is 6.04. The van der Waals surface area contributed by atoms with Crippen molar-refractivity contribution in [3.63, 3.8) is 0 Å². The Morgan fingerprint density at radius 2 is 2.14 bits per heavy atom. The fourth-order valence-corrected chi connectivity index (χ4v) is 3.58. The molecule has 1 N–H and O–H groups in total. The molecule has 1 fully saturated rings. The molecule has 1 heterocycles. The van der Waals surface area contributed by atoms with Crippen molar-refractivity contribution in [2.24, 2.45) is 11.8 Å². The van der Waals surface area contributed by atoms with Crippen LogP contribution < -0.4 is 10.1 Å². The average Bonchev–Trinajstić information content (AvgIpc) is 2.47. The molecule has 0 radical (unpaired) electrons. The number of aromatic nitrogens is 1. The van der Waals surface area contributed by atoms with Crippen molar-refractivity contribution in [3.8, 4) is 5.75 Å². The van der Waals surface area contributed by atoms with Gasteiger partial charge in [0.05, 0.1) is 12.3 Å². The number of pyridine rings is 1. The smallest absolute Gasteiger partial charge is 0.138 e. The summed E-state index contributed by atoms with van der Waals surface area (Å²) in [4.78, 5) is 4.41. The van der Waals surface area contributed by atoms with Crippen LogP contribution in [-0.4, -0.2) is 24.7 Å². The minimum atomic E-state index is 0.199. The summed E-state index contributed by atoms with van der Waals surface area (Å²) in [6.07, 6.45) is 9.34. The Labute approximate surface area is 129 Å².